The number of hydrogen-bond acceptors (Lipinski definition) is 2. The van der Waals surface area contributed by atoms with Crippen LogP contribution in [0.25, 0.3) is 0 Å². The van der Waals surface area contributed by atoms with E-state index in [4.69, 9.17) is 28.5 Å². The fourth-order valence-corrected chi connectivity index (χ4v) is 4.83. The number of hydrogen-bond donors (Lipinski definition) is 0. The van der Waals surface area contributed by atoms with Crippen LogP contribution in [0.1, 0.15) is 62.6 Å². The van der Waals surface area contributed by atoms with Crippen LogP contribution in [-0.4, -0.2) is 34.8 Å². The van der Waals surface area contributed by atoms with Crippen molar-refractivity contribution in [1.82, 2.24) is 4.90 Å². The monoisotopic (exact) mass is 458 g/mol. The molecule has 0 aromatic heterocycles. The minimum absolute atomic E-state index is 0.115. The highest BCUT2D eigenvalue weighted by Crippen LogP contribution is 2.40. The number of alkyl halides is 2. The average Bonchev–Trinajstić information content (AvgIpc) is 3.10. The van der Waals surface area contributed by atoms with E-state index in [1.807, 2.05) is 0 Å². The van der Waals surface area contributed by atoms with Crippen molar-refractivity contribution in [2.24, 2.45) is 0 Å². The Hall–Kier alpha value is -1.53. The highest BCUT2D eigenvalue weighted by molar-refractivity contribution is 6.30. The summed E-state index contributed by atoms with van der Waals surface area (Å²) in [4.78, 5) is 2.60. The lowest BCUT2D eigenvalue weighted by atomic mass is 9.96. The van der Waals surface area contributed by atoms with Crippen molar-refractivity contribution < 1.29 is 0 Å². The van der Waals surface area contributed by atoms with E-state index in [0.717, 1.165) is 38.8 Å². The molecule has 2 nitrogen and oxygen atoms in total. The van der Waals surface area contributed by atoms with Crippen LogP contribution in [0.4, 0.5) is 0 Å². The molecule has 0 spiro atoms. The highest BCUT2D eigenvalue weighted by Gasteiger charge is 2.32. The molecule has 0 heterocycles. The lowest BCUT2D eigenvalue weighted by Crippen LogP contribution is -2.34. The van der Waals surface area contributed by atoms with E-state index in [2.05, 4.69) is 73.3 Å². The molecule has 2 atom stereocenters. The van der Waals surface area contributed by atoms with Gasteiger partial charge in [-0.05, 0) is 75.1 Å². The number of aryl methyl sites for hydroxylation is 1. The molecule has 2 aromatic rings. The summed E-state index contributed by atoms with van der Waals surface area (Å²) in [5.74, 6) is 0.522. The summed E-state index contributed by atoms with van der Waals surface area (Å²) in [5.41, 5.74) is 4.25. The van der Waals surface area contributed by atoms with Crippen LogP contribution < -0.4 is 0 Å². The van der Waals surface area contributed by atoms with Gasteiger partial charge in [-0.1, -0.05) is 54.6 Å². The molecule has 1 saturated carbocycles. The number of nitriles is 1. The number of nitrogens with zero attached hydrogens (tertiary/aromatic N) is 2. The molecule has 1 aliphatic rings. The van der Waals surface area contributed by atoms with Gasteiger partial charge in [-0.3, -0.25) is 0 Å². The van der Waals surface area contributed by atoms with Crippen molar-refractivity contribution in [2.45, 2.75) is 75.6 Å². The third-order valence-electron chi connectivity index (χ3n) is 6.03. The zero-order valence-corrected chi connectivity index (χ0v) is 20.6. The predicted octanol–water partition coefficient (Wildman–Crippen LogP) is 7.19. The van der Waals surface area contributed by atoms with E-state index in [1.54, 1.807) is 6.07 Å². The third kappa shape index (κ3) is 8.85. The van der Waals surface area contributed by atoms with Gasteiger partial charge in [0.15, 0.2) is 0 Å². The number of rotatable bonds is 9. The van der Waals surface area contributed by atoms with Gasteiger partial charge in [-0.25, -0.2) is 0 Å². The lowest BCUT2D eigenvalue weighted by Gasteiger charge is -2.26. The Balaban J connectivity index is 0.00000107. The van der Waals surface area contributed by atoms with E-state index in [9.17, 15) is 0 Å². The van der Waals surface area contributed by atoms with Gasteiger partial charge >= 0.3 is 0 Å². The van der Waals surface area contributed by atoms with Crippen LogP contribution in [0.3, 0.4) is 0 Å². The smallest absolute Gasteiger partial charge is 0.0587 e. The van der Waals surface area contributed by atoms with Crippen LogP contribution >= 0.6 is 23.2 Å². The predicted molar refractivity (Wildman–Crippen MR) is 134 cm³/mol. The number of benzene rings is 2. The molecule has 0 aliphatic heterocycles. The fourth-order valence-electron chi connectivity index (χ4n) is 4.20. The van der Waals surface area contributed by atoms with Gasteiger partial charge in [0.05, 0.1) is 16.8 Å². The van der Waals surface area contributed by atoms with Gasteiger partial charge in [0, 0.05) is 19.5 Å². The first kappa shape index (κ1) is 25.7. The molecule has 31 heavy (non-hydrogen) atoms. The summed E-state index contributed by atoms with van der Waals surface area (Å²) < 4.78 is 0. The molecule has 0 saturated heterocycles. The van der Waals surface area contributed by atoms with Crippen molar-refractivity contribution in [3.05, 3.63) is 71.3 Å². The first-order valence-corrected chi connectivity index (χ1v) is 12.3. The minimum Gasteiger partial charge on any atom is -0.301 e. The van der Waals surface area contributed by atoms with E-state index in [1.165, 1.54) is 30.0 Å². The second-order valence-electron chi connectivity index (χ2n) is 8.63. The summed E-state index contributed by atoms with van der Waals surface area (Å²) >= 11 is 12.6. The van der Waals surface area contributed by atoms with Crippen molar-refractivity contribution >= 4 is 23.2 Å². The van der Waals surface area contributed by atoms with Gasteiger partial charge in [0.1, 0.15) is 0 Å². The van der Waals surface area contributed by atoms with E-state index >= 15 is 0 Å². The Labute approximate surface area is 199 Å². The van der Waals surface area contributed by atoms with E-state index in [-0.39, 0.29) is 10.8 Å². The summed E-state index contributed by atoms with van der Waals surface area (Å²) in [6.45, 7) is 8.31. The molecule has 3 rings (SSSR count). The lowest BCUT2D eigenvalue weighted by molar-refractivity contribution is 0.222. The van der Waals surface area contributed by atoms with Crippen LogP contribution in [0.15, 0.2) is 54.6 Å². The Morgan fingerprint density at radius 1 is 0.903 bits per heavy atom. The van der Waals surface area contributed by atoms with Crippen LogP contribution in [0, 0.1) is 11.3 Å². The summed E-state index contributed by atoms with van der Waals surface area (Å²) in [5, 5.41) is 7.55. The maximum absolute atomic E-state index is 7.32. The van der Waals surface area contributed by atoms with Crippen LogP contribution in [-0.2, 0) is 12.8 Å². The average molecular weight is 460 g/mol. The van der Waals surface area contributed by atoms with Gasteiger partial charge < -0.3 is 4.90 Å². The van der Waals surface area contributed by atoms with Gasteiger partial charge in [0.2, 0.25) is 0 Å². The van der Waals surface area contributed by atoms with Gasteiger partial charge in [-0.2, -0.15) is 5.26 Å². The highest BCUT2D eigenvalue weighted by atomic mass is 35.5. The molecule has 0 radical (unpaired) electrons. The molecule has 0 amide bonds. The van der Waals surface area contributed by atoms with Crippen molar-refractivity contribution in [2.75, 3.05) is 13.1 Å². The normalized spacial score (nSPS) is 20.4. The van der Waals surface area contributed by atoms with Gasteiger partial charge in [0.25, 0.3) is 0 Å². The largest absolute Gasteiger partial charge is 0.301 e. The molecule has 4 heteroatoms. The molecule has 2 aromatic carbocycles. The molecule has 1 aliphatic carbocycles. The Kier molecular flexibility index (Phi) is 11.4. The minimum atomic E-state index is 0.115. The van der Waals surface area contributed by atoms with Crippen LogP contribution in [0.2, 0.25) is 0 Å². The Bertz CT molecular complexity index is 773. The van der Waals surface area contributed by atoms with Gasteiger partial charge in [-0.15, -0.1) is 23.2 Å². The van der Waals surface area contributed by atoms with Crippen molar-refractivity contribution in [3.8, 4) is 6.07 Å². The number of halogens is 2. The molecule has 0 bridgehead atoms. The maximum atomic E-state index is 7.32. The van der Waals surface area contributed by atoms with Crippen molar-refractivity contribution in [1.29, 1.82) is 5.26 Å². The van der Waals surface area contributed by atoms with E-state index in [0.29, 0.717) is 12.0 Å². The zero-order chi connectivity index (χ0) is 22.6. The van der Waals surface area contributed by atoms with Crippen molar-refractivity contribution in [3.63, 3.8) is 0 Å². The van der Waals surface area contributed by atoms with E-state index < -0.39 is 0 Å². The molecule has 168 valence electrons. The summed E-state index contributed by atoms with van der Waals surface area (Å²) in [7, 11) is 0. The third-order valence-corrected chi connectivity index (χ3v) is 7.13. The quantitative estimate of drug-likeness (QED) is 0.371. The first-order chi connectivity index (χ1) is 14.9. The molecule has 1 fully saturated rings. The van der Waals surface area contributed by atoms with Crippen LogP contribution in [0.5, 0.6) is 0 Å². The molecule has 0 N–H and O–H groups in total. The molecule has 2 unspecified atom stereocenters. The first-order valence-electron chi connectivity index (χ1n) is 11.4. The second kappa shape index (κ2) is 13.8. The standard InChI is InChI=1S/C25H33Cl2N.C2H3N/c1-19(2)28(16-14-20-7-4-3-5-8-20)15-6-9-21-10-12-22(13-11-21)23-17-24(26)25(27)18-23;1-2-3/h3-5,7-8,10-13,19,23-25H,6,9,14-18H2,1-2H3;1H3. The summed E-state index contributed by atoms with van der Waals surface area (Å²) in [6, 6.07) is 22.3. The Morgan fingerprint density at radius 2 is 1.45 bits per heavy atom. The SMILES string of the molecule is CC#N.CC(C)N(CCCc1ccc(C2CC(Cl)C(Cl)C2)cc1)CCc1ccccc1. The topological polar surface area (TPSA) is 27.0 Å². The molecular formula is C27H36Cl2N2. The zero-order valence-electron chi connectivity index (χ0n) is 19.1. The summed E-state index contributed by atoms with van der Waals surface area (Å²) in [6.07, 6.45) is 5.46. The Morgan fingerprint density at radius 3 is 2.00 bits per heavy atom. The fraction of sp³-hybridized carbons (Fsp3) is 0.519. The maximum Gasteiger partial charge on any atom is 0.0587 e. The molecular weight excluding hydrogens is 423 g/mol. The second-order valence-corrected chi connectivity index (χ2v) is 9.76.